The smallest absolute Gasteiger partial charge is 0.171 e. The molecule has 0 aliphatic carbocycles. The SMILES string of the molecule is S=C(NCc1cccc(Br)c1)Nc1ccccc1. The fourth-order valence-electron chi connectivity index (χ4n) is 1.53. The molecule has 0 unspecified atom stereocenters. The van der Waals surface area contributed by atoms with Crippen LogP contribution in [0.4, 0.5) is 5.69 Å². The van der Waals surface area contributed by atoms with Crippen LogP contribution in [0.3, 0.4) is 0 Å². The van der Waals surface area contributed by atoms with Crippen molar-refractivity contribution in [2.45, 2.75) is 6.54 Å². The normalized spacial score (nSPS) is 9.83. The first-order valence-corrected chi connectivity index (χ1v) is 6.78. The van der Waals surface area contributed by atoms with Crippen LogP contribution in [0.15, 0.2) is 59.1 Å². The second-order valence-electron chi connectivity index (χ2n) is 3.80. The van der Waals surface area contributed by atoms with E-state index in [1.165, 1.54) is 5.56 Å². The Balaban J connectivity index is 1.85. The quantitative estimate of drug-likeness (QED) is 0.838. The maximum absolute atomic E-state index is 5.23. The van der Waals surface area contributed by atoms with E-state index in [4.69, 9.17) is 12.2 Å². The van der Waals surface area contributed by atoms with Crippen LogP contribution in [0, 0.1) is 0 Å². The number of nitrogens with one attached hydrogen (secondary N) is 2. The molecule has 0 heterocycles. The molecule has 2 nitrogen and oxygen atoms in total. The summed E-state index contributed by atoms with van der Waals surface area (Å²) >= 11 is 8.68. The molecule has 0 spiro atoms. The summed E-state index contributed by atoms with van der Waals surface area (Å²) in [6, 6.07) is 18.0. The van der Waals surface area contributed by atoms with Crippen LogP contribution in [0.5, 0.6) is 0 Å². The third-order valence-electron chi connectivity index (χ3n) is 2.37. The zero-order valence-corrected chi connectivity index (χ0v) is 12.1. The van der Waals surface area contributed by atoms with Crippen molar-refractivity contribution in [3.05, 3.63) is 64.6 Å². The highest BCUT2D eigenvalue weighted by Crippen LogP contribution is 2.11. The molecule has 0 saturated carbocycles. The third kappa shape index (κ3) is 4.13. The minimum atomic E-state index is 0.626. The fraction of sp³-hybridized carbons (Fsp3) is 0.0714. The average molecular weight is 321 g/mol. The van der Waals surface area contributed by atoms with E-state index in [2.05, 4.69) is 38.7 Å². The molecule has 4 heteroatoms. The lowest BCUT2D eigenvalue weighted by Crippen LogP contribution is -2.27. The molecule has 0 saturated heterocycles. The van der Waals surface area contributed by atoms with E-state index in [1.807, 2.05) is 42.5 Å². The highest BCUT2D eigenvalue weighted by atomic mass is 79.9. The number of benzene rings is 2. The van der Waals surface area contributed by atoms with Crippen LogP contribution in [-0.4, -0.2) is 5.11 Å². The monoisotopic (exact) mass is 320 g/mol. The maximum Gasteiger partial charge on any atom is 0.171 e. The molecular weight excluding hydrogens is 308 g/mol. The van der Waals surface area contributed by atoms with Crippen LogP contribution in [0.2, 0.25) is 0 Å². The van der Waals surface area contributed by atoms with Crippen molar-refractivity contribution in [3.63, 3.8) is 0 Å². The van der Waals surface area contributed by atoms with Crippen molar-refractivity contribution in [2.24, 2.45) is 0 Å². The molecule has 0 amide bonds. The van der Waals surface area contributed by atoms with E-state index in [-0.39, 0.29) is 0 Å². The van der Waals surface area contributed by atoms with E-state index in [9.17, 15) is 0 Å². The Hall–Kier alpha value is -1.39. The predicted octanol–water partition coefficient (Wildman–Crippen LogP) is 3.94. The highest BCUT2D eigenvalue weighted by Gasteiger charge is 1.98. The predicted molar refractivity (Wildman–Crippen MR) is 83.6 cm³/mol. The number of hydrogen-bond acceptors (Lipinski definition) is 1. The summed E-state index contributed by atoms with van der Waals surface area (Å²) in [5.74, 6) is 0. The van der Waals surface area contributed by atoms with Crippen LogP contribution < -0.4 is 10.6 Å². The molecule has 2 aromatic carbocycles. The van der Waals surface area contributed by atoms with Gasteiger partial charge in [0.15, 0.2) is 5.11 Å². The van der Waals surface area contributed by atoms with Crippen LogP contribution in [-0.2, 0) is 6.54 Å². The van der Waals surface area contributed by atoms with Gasteiger partial charge in [-0.2, -0.15) is 0 Å². The minimum Gasteiger partial charge on any atom is -0.358 e. The Bertz CT molecular complexity index is 528. The lowest BCUT2D eigenvalue weighted by Gasteiger charge is -2.10. The molecule has 2 aromatic rings. The lowest BCUT2D eigenvalue weighted by molar-refractivity contribution is 0.925. The summed E-state index contributed by atoms with van der Waals surface area (Å²) in [5, 5.41) is 6.94. The van der Waals surface area contributed by atoms with E-state index < -0.39 is 0 Å². The van der Waals surface area contributed by atoms with Gasteiger partial charge >= 0.3 is 0 Å². The van der Waals surface area contributed by atoms with Crippen molar-refractivity contribution in [2.75, 3.05) is 5.32 Å². The van der Waals surface area contributed by atoms with Gasteiger partial charge in [-0.1, -0.05) is 46.3 Å². The van der Waals surface area contributed by atoms with Crippen molar-refractivity contribution >= 4 is 38.9 Å². The van der Waals surface area contributed by atoms with Crippen molar-refractivity contribution in [1.82, 2.24) is 5.32 Å². The van der Waals surface area contributed by atoms with Crippen molar-refractivity contribution in [1.29, 1.82) is 0 Å². The molecule has 18 heavy (non-hydrogen) atoms. The fourth-order valence-corrected chi connectivity index (χ4v) is 2.16. The number of para-hydroxylation sites is 1. The first kappa shape index (κ1) is 13.1. The van der Waals surface area contributed by atoms with Gasteiger partial charge in [-0.15, -0.1) is 0 Å². The van der Waals surface area contributed by atoms with E-state index in [0.29, 0.717) is 11.7 Å². The van der Waals surface area contributed by atoms with Gasteiger partial charge in [0.2, 0.25) is 0 Å². The summed E-state index contributed by atoms with van der Waals surface area (Å²) in [6.07, 6.45) is 0. The molecule has 0 radical (unpaired) electrons. The number of anilines is 1. The number of thiocarbonyl (C=S) groups is 1. The molecule has 92 valence electrons. The molecule has 0 fully saturated rings. The van der Waals surface area contributed by atoms with E-state index >= 15 is 0 Å². The number of rotatable bonds is 3. The second kappa shape index (κ2) is 6.52. The Morgan fingerprint density at radius 3 is 2.56 bits per heavy atom. The molecule has 2 rings (SSSR count). The van der Waals surface area contributed by atoms with Gasteiger partial charge in [-0.25, -0.2) is 0 Å². The Kier molecular flexibility index (Phi) is 4.73. The van der Waals surface area contributed by atoms with Gasteiger partial charge in [-0.05, 0) is 42.0 Å². The van der Waals surface area contributed by atoms with Gasteiger partial charge in [0.1, 0.15) is 0 Å². The maximum atomic E-state index is 5.23. The molecule has 0 atom stereocenters. The molecule has 2 N–H and O–H groups in total. The van der Waals surface area contributed by atoms with Gasteiger partial charge in [-0.3, -0.25) is 0 Å². The van der Waals surface area contributed by atoms with E-state index in [0.717, 1.165) is 10.2 Å². The first-order valence-electron chi connectivity index (χ1n) is 5.58. The molecule has 0 aromatic heterocycles. The minimum absolute atomic E-state index is 0.626. The Morgan fingerprint density at radius 2 is 1.83 bits per heavy atom. The standard InChI is InChI=1S/C14H13BrN2S/c15-12-6-4-5-11(9-12)10-16-14(18)17-13-7-2-1-3-8-13/h1-9H,10H2,(H2,16,17,18). The lowest BCUT2D eigenvalue weighted by atomic mass is 10.2. The highest BCUT2D eigenvalue weighted by molar-refractivity contribution is 9.10. The summed E-state index contributed by atoms with van der Waals surface area (Å²) < 4.78 is 1.07. The Morgan fingerprint density at radius 1 is 1.06 bits per heavy atom. The summed E-state index contributed by atoms with van der Waals surface area (Å²) in [4.78, 5) is 0. The van der Waals surface area contributed by atoms with Gasteiger partial charge in [0, 0.05) is 16.7 Å². The molecular formula is C14H13BrN2S. The van der Waals surface area contributed by atoms with Gasteiger partial charge in [0.05, 0.1) is 0 Å². The van der Waals surface area contributed by atoms with Crippen LogP contribution in [0.25, 0.3) is 0 Å². The zero-order valence-electron chi connectivity index (χ0n) is 9.69. The topological polar surface area (TPSA) is 24.1 Å². The second-order valence-corrected chi connectivity index (χ2v) is 5.13. The van der Waals surface area contributed by atoms with Gasteiger partial charge < -0.3 is 10.6 Å². The molecule has 0 bridgehead atoms. The summed E-state index contributed by atoms with van der Waals surface area (Å²) in [5.41, 5.74) is 2.17. The number of halogens is 1. The van der Waals surface area contributed by atoms with Crippen LogP contribution >= 0.6 is 28.1 Å². The number of hydrogen-bond donors (Lipinski definition) is 2. The largest absolute Gasteiger partial charge is 0.358 e. The van der Waals surface area contributed by atoms with Gasteiger partial charge in [0.25, 0.3) is 0 Å². The Labute approximate surface area is 121 Å². The first-order chi connectivity index (χ1) is 8.74. The average Bonchev–Trinajstić information content (AvgIpc) is 2.38. The van der Waals surface area contributed by atoms with Crippen LogP contribution in [0.1, 0.15) is 5.56 Å². The summed E-state index contributed by atoms with van der Waals surface area (Å²) in [6.45, 7) is 0.706. The summed E-state index contributed by atoms with van der Waals surface area (Å²) in [7, 11) is 0. The zero-order chi connectivity index (χ0) is 12.8. The third-order valence-corrected chi connectivity index (χ3v) is 3.11. The molecule has 0 aliphatic rings. The van der Waals surface area contributed by atoms with Crippen molar-refractivity contribution in [3.8, 4) is 0 Å². The van der Waals surface area contributed by atoms with Crippen molar-refractivity contribution < 1.29 is 0 Å². The molecule has 0 aliphatic heterocycles. The van der Waals surface area contributed by atoms with E-state index in [1.54, 1.807) is 0 Å².